The van der Waals surface area contributed by atoms with Gasteiger partial charge in [-0.1, -0.05) is 36.4 Å². The van der Waals surface area contributed by atoms with E-state index in [-0.39, 0.29) is 0 Å². The second-order valence-electron chi connectivity index (χ2n) is 5.54. The number of aldehydes is 1. The summed E-state index contributed by atoms with van der Waals surface area (Å²) in [6.45, 7) is 1.74. The predicted octanol–water partition coefficient (Wildman–Crippen LogP) is 4.18. The van der Waals surface area contributed by atoms with Crippen LogP contribution in [0, 0.1) is 0 Å². The van der Waals surface area contributed by atoms with E-state index in [0.717, 1.165) is 40.4 Å². The maximum Gasteiger partial charge on any atom is 0.150 e. The van der Waals surface area contributed by atoms with Crippen molar-refractivity contribution in [3.8, 4) is 11.3 Å². The van der Waals surface area contributed by atoms with Gasteiger partial charge < -0.3 is 15.1 Å². The lowest BCUT2D eigenvalue weighted by molar-refractivity contribution is 0.112. The van der Waals surface area contributed by atoms with Crippen LogP contribution in [0.1, 0.15) is 10.4 Å². The van der Waals surface area contributed by atoms with Gasteiger partial charge in [0.25, 0.3) is 0 Å². The Kier molecular flexibility index (Phi) is 6.73. The Morgan fingerprint density at radius 3 is 2.38 bits per heavy atom. The molecule has 2 N–H and O–H groups in total. The van der Waals surface area contributed by atoms with Crippen molar-refractivity contribution < 1.29 is 9.21 Å². The fraction of sp³-hybridized carbons (Fsp3) is 0.211. The van der Waals surface area contributed by atoms with Crippen LogP contribution < -0.4 is 5.73 Å². The molecule has 0 aliphatic rings. The van der Waals surface area contributed by atoms with E-state index in [1.54, 1.807) is 6.07 Å². The van der Waals surface area contributed by atoms with E-state index < -0.39 is 0 Å². The zero-order valence-electron chi connectivity index (χ0n) is 13.8. The van der Waals surface area contributed by atoms with Crippen LogP contribution in [-0.2, 0) is 0 Å². The molecule has 24 heavy (non-hydrogen) atoms. The molecule has 0 radical (unpaired) electrons. The number of nitrogens with zero attached hydrogens (tertiary/aromatic N) is 1. The van der Waals surface area contributed by atoms with E-state index in [2.05, 4.69) is 20.8 Å². The summed E-state index contributed by atoms with van der Waals surface area (Å²) < 4.78 is 6.70. The number of carbonyl (C=O) groups excluding carboxylic acids is 1. The minimum absolute atomic E-state index is 0.622. The van der Waals surface area contributed by atoms with Gasteiger partial charge in [0.2, 0.25) is 0 Å². The van der Waals surface area contributed by atoms with E-state index in [0.29, 0.717) is 11.3 Å². The molecular weight excluding hydrogens is 368 g/mol. The molecule has 0 unspecified atom stereocenters. The molecule has 3 rings (SSSR count). The highest BCUT2D eigenvalue weighted by atomic mass is 79.9. The van der Waals surface area contributed by atoms with Gasteiger partial charge in [-0.05, 0) is 42.2 Å². The number of rotatable bonds is 4. The molecule has 0 fully saturated rings. The Balaban J connectivity index is 0.000000301. The Hall–Kier alpha value is -1.95. The molecule has 0 atom stereocenters. The van der Waals surface area contributed by atoms with Gasteiger partial charge in [-0.3, -0.25) is 4.79 Å². The van der Waals surface area contributed by atoms with E-state index in [1.807, 2.05) is 56.6 Å². The molecule has 1 aromatic heterocycles. The van der Waals surface area contributed by atoms with Gasteiger partial charge in [-0.15, -0.1) is 0 Å². The summed E-state index contributed by atoms with van der Waals surface area (Å²) in [4.78, 5) is 13.1. The van der Waals surface area contributed by atoms with Crippen molar-refractivity contribution in [2.45, 2.75) is 0 Å². The van der Waals surface area contributed by atoms with Crippen LogP contribution in [0.4, 0.5) is 0 Å². The minimum atomic E-state index is 0.622. The zero-order valence-corrected chi connectivity index (χ0v) is 15.4. The summed E-state index contributed by atoms with van der Waals surface area (Å²) in [6, 6.07) is 15.2. The van der Waals surface area contributed by atoms with E-state index in [9.17, 15) is 4.79 Å². The summed E-state index contributed by atoms with van der Waals surface area (Å²) >= 11 is 3.54. The van der Waals surface area contributed by atoms with Crippen LogP contribution in [0.3, 0.4) is 0 Å². The molecule has 1 heterocycles. The fourth-order valence-corrected chi connectivity index (χ4v) is 2.87. The van der Waals surface area contributed by atoms with Crippen molar-refractivity contribution in [3.05, 3.63) is 58.6 Å². The number of hydrogen-bond donors (Lipinski definition) is 1. The van der Waals surface area contributed by atoms with Crippen LogP contribution >= 0.6 is 15.9 Å². The third kappa shape index (κ3) is 4.32. The third-order valence-corrected chi connectivity index (χ3v) is 4.23. The fourth-order valence-electron chi connectivity index (χ4n) is 2.25. The van der Waals surface area contributed by atoms with Crippen LogP contribution in [0.25, 0.3) is 22.3 Å². The normalized spacial score (nSPS) is 10.5. The lowest BCUT2D eigenvalue weighted by atomic mass is 10.1. The summed E-state index contributed by atoms with van der Waals surface area (Å²) in [5.74, 6) is 0.693. The van der Waals surface area contributed by atoms with Crippen LogP contribution in [-0.4, -0.2) is 38.4 Å². The number of halogens is 1. The first-order valence-electron chi connectivity index (χ1n) is 7.65. The Morgan fingerprint density at radius 2 is 1.79 bits per heavy atom. The highest BCUT2D eigenvalue weighted by Crippen LogP contribution is 2.38. The van der Waals surface area contributed by atoms with Crippen LogP contribution in [0.2, 0.25) is 0 Å². The van der Waals surface area contributed by atoms with Crippen molar-refractivity contribution in [2.24, 2.45) is 5.73 Å². The van der Waals surface area contributed by atoms with Gasteiger partial charge in [-0.25, -0.2) is 0 Å². The Bertz CT molecular complexity index is 812. The Labute approximate surface area is 150 Å². The molecular formula is C19H21BrN2O2. The van der Waals surface area contributed by atoms with Gasteiger partial charge in [-0.2, -0.15) is 0 Å². The molecule has 0 bridgehead atoms. The van der Waals surface area contributed by atoms with Gasteiger partial charge in [0.15, 0.2) is 6.29 Å². The van der Waals surface area contributed by atoms with Crippen molar-refractivity contribution in [1.82, 2.24) is 4.90 Å². The molecule has 0 saturated heterocycles. The largest absolute Gasteiger partial charge is 0.455 e. The molecule has 0 aliphatic carbocycles. The first-order valence-corrected chi connectivity index (χ1v) is 8.44. The highest BCUT2D eigenvalue weighted by molar-refractivity contribution is 9.10. The minimum Gasteiger partial charge on any atom is -0.455 e. The first-order chi connectivity index (χ1) is 11.6. The first kappa shape index (κ1) is 18.4. The number of hydrogen-bond acceptors (Lipinski definition) is 4. The topological polar surface area (TPSA) is 59.5 Å². The third-order valence-electron chi connectivity index (χ3n) is 3.44. The number of carbonyl (C=O) groups is 1. The van der Waals surface area contributed by atoms with Crippen molar-refractivity contribution in [3.63, 3.8) is 0 Å². The molecule has 4 nitrogen and oxygen atoms in total. The maximum atomic E-state index is 11.1. The summed E-state index contributed by atoms with van der Waals surface area (Å²) in [5.41, 5.74) is 7.42. The molecule has 3 aromatic rings. The number of fused-ring (bicyclic) bond motifs is 1. The van der Waals surface area contributed by atoms with Gasteiger partial charge in [0, 0.05) is 29.6 Å². The van der Waals surface area contributed by atoms with Crippen molar-refractivity contribution in [2.75, 3.05) is 27.2 Å². The number of furan rings is 1. The van der Waals surface area contributed by atoms with Crippen LogP contribution in [0.5, 0.6) is 0 Å². The molecule has 0 spiro atoms. The molecule has 0 saturated carbocycles. The van der Waals surface area contributed by atoms with Gasteiger partial charge in [0.05, 0.1) is 4.47 Å². The smallest absolute Gasteiger partial charge is 0.150 e. The molecule has 2 aromatic carbocycles. The lowest BCUT2D eigenvalue weighted by Gasteiger charge is -2.03. The predicted molar refractivity (Wildman–Crippen MR) is 102 cm³/mol. The van der Waals surface area contributed by atoms with E-state index >= 15 is 0 Å². The van der Waals surface area contributed by atoms with E-state index in [4.69, 9.17) is 10.2 Å². The highest BCUT2D eigenvalue weighted by Gasteiger charge is 2.15. The number of likely N-dealkylation sites (N-methyl/N-ethyl adjacent to an activating group) is 1. The zero-order chi connectivity index (χ0) is 17.5. The van der Waals surface area contributed by atoms with Crippen LogP contribution in [0.15, 0.2) is 57.4 Å². The lowest BCUT2D eigenvalue weighted by Crippen LogP contribution is -2.20. The summed E-state index contributed by atoms with van der Waals surface area (Å²) in [7, 11) is 4.01. The number of para-hydroxylation sites is 1. The average Bonchev–Trinajstić information content (AvgIpc) is 2.92. The average molecular weight is 389 g/mol. The van der Waals surface area contributed by atoms with Gasteiger partial charge >= 0.3 is 0 Å². The molecule has 0 aliphatic heterocycles. The molecule has 126 valence electrons. The SMILES string of the molecule is CN(C)CCN.O=Cc1ccccc1-c1oc2ccccc2c1Br. The molecule has 0 amide bonds. The van der Waals surface area contributed by atoms with Crippen molar-refractivity contribution >= 4 is 33.2 Å². The summed E-state index contributed by atoms with van der Waals surface area (Å²) in [5, 5.41) is 1.01. The standard InChI is InChI=1S/C15H9BrO2.C4H12N2/c16-14-12-7-3-4-8-13(12)18-15(14)11-6-2-1-5-10(11)9-17;1-6(2)4-3-5/h1-9H;3-5H2,1-2H3. The maximum absolute atomic E-state index is 11.1. The second kappa shape index (κ2) is 8.78. The Morgan fingerprint density at radius 1 is 1.12 bits per heavy atom. The monoisotopic (exact) mass is 388 g/mol. The number of nitrogens with two attached hydrogens (primary N) is 1. The summed E-state index contributed by atoms with van der Waals surface area (Å²) in [6.07, 6.45) is 0.842. The van der Waals surface area contributed by atoms with Gasteiger partial charge in [0.1, 0.15) is 11.3 Å². The molecule has 5 heteroatoms. The van der Waals surface area contributed by atoms with E-state index in [1.165, 1.54) is 0 Å². The second-order valence-corrected chi connectivity index (χ2v) is 6.33. The van der Waals surface area contributed by atoms with Crippen molar-refractivity contribution in [1.29, 1.82) is 0 Å². The number of benzene rings is 2. The quantitative estimate of drug-likeness (QED) is 0.680.